The molecule has 2 heterocycles. The highest BCUT2D eigenvalue weighted by molar-refractivity contribution is 7.12. The molecule has 1 aliphatic rings. The Labute approximate surface area is 117 Å². The first-order chi connectivity index (χ1) is 9.24. The minimum absolute atomic E-state index is 0.647. The van der Waals surface area contributed by atoms with Crippen LogP contribution in [0.3, 0.4) is 0 Å². The summed E-state index contributed by atoms with van der Waals surface area (Å²) in [5, 5.41) is 4.59. The molecule has 0 spiro atoms. The zero-order valence-corrected chi connectivity index (χ0v) is 12.1. The quantitative estimate of drug-likeness (QED) is 0.927. The molecule has 2 aromatic rings. The van der Waals surface area contributed by atoms with Gasteiger partial charge in [-0.1, -0.05) is 26.0 Å². The first-order valence-corrected chi connectivity index (χ1v) is 7.47. The van der Waals surface area contributed by atoms with Crippen molar-refractivity contribution in [3.63, 3.8) is 0 Å². The van der Waals surface area contributed by atoms with E-state index in [1.807, 2.05) is 18.2 Å². The van der Waals surface area contributed by atoms with Crippen LogP contribution < -0.4 is 10.1 Å². The van der Waals surface area contributed by atoms with Crippen LogP contribution in [-0.2, 0) is 13.2 Å². The third-order valence-corrected chi connectivity index (χ3v) is 4.10. The molecule has 0 aliphatic carbocycles. The molecular formula is C15H18N2OS. The van der Waals surface area contributed by atoms with Crippen molar-refractivity contribution in [3.05, 3.63) is 34.2 Å². The average molecular weight is 274 g/mol. The van der Waals surface area contributed by atoms with Crippen LogP contribution in [0.2, 0.25) is 0 Å². The van der Waals surface area contributed by atoms with Gasteiger partial charge in [-0.2, -0.15) is 0 Å². The lowest BCUT2D eigenvalue weighted by atomic mass is 10.1. The van der Waals surface area contributed by atoms with Crippen molar-refractivity contribution in [2.45, 2.75) is 27.0 Å². The predicted octanol–water partition coefficient (Wildman–Crippen LogP) is 3.45. The van der Waals surface area contributed by atoms with Crippen LogP contribution in [-0.4, -0.2) is 11.5 Å². The molecule has 100 valence electrons. The van der Waals surface area contributed by atoms with E-state index < -0.39 is 0 Å². The van der Waals surface area contributed by atoms with E-state index in [-0.39, 0.29) is 0 Å². The Kier molecular flexibility index (Phi) is 3.53. The summed E-state index contributed by atoms with van der Waals surface area (Å²) in [6.07, 6.45) is 0. The number of benzene rings is 1. The smallest absolute Gasteiger partial charge is 0.129 e. The topological polar surface area (TPSA) is 34.2 Å². The normalized spacial score (nSPS) is 13.0. The fourth-order valence-corrected chi connectivity index (χ4v) is 3.15. The largest absolute Gasteiger partial charge is 0.487 e. The maximum Gasteiger partial charge on any atom is 0.129 e. The van der Waals surface area contributed by atoms with Crippen molar-refractivity contribution >= 4 is 11.3 Å². The summed E-state index contributed by atoms with van der Waals surface area (Å²) >= 11 is 1.75. The van der Waals surface area contributed by atoms with Crippen LogP contribution in [0.25, 0.3) is 11.3 Å². The molecule has 0 bridgehead atoms. The zero-order valence-electron chi connectivity index (χ0n) is 11.3. The van der Waals surface area contributed by atoms with E-state index in [1.165, 1.54) is 4.88 Å². The van der Waals surface area contributed by atoms with Gasteiger partial charge in [0.2, 0.25) is 0 Å². The Morgan fingerprint density at radius 1 is 1.37 bits per heavy atom. The minimum atomic E-state index is 0.647. The second-order valence-corrected chi connectivity index (χ2v) is 6.36. The first-order valence-electron chi connectivity index (χ1n) is 6.65. The fourth-order valence-electron chi connectivity index (χ4n) is 2.18. The average Bonchev–Trinajstić information content (AvgIpc) is 2.81. The Bertz CT molecular complexity index is 577. The Morgan fingerprint density at radius 3 is 3.05 bits per heavy atom. The molecule has 0 fully saturated rings. The van der Waals surface area contributed by atoms with Gasteiger partial charge >= 0.3 is 0 Å². The van der Waals surface area contributed by atoms with Crippen LogP contribution in [0.4, 0.5) is 0 Å². The van der Waals surface area contributed by atoms with Gasteiger partial charge in [-0.25, -0.2) is 4.98 Å². The number of nitrogens with zero attached hydrogens (tertiary/aromatic N) is 1. The maximum atomic E-state index is 5.76. The van der Waals surface area contributed by atoms with Gasteiger partial charge in [-0.3, -0.25) is 0 Å². The first kappa shape index (κ1) is 12.6. The second-order valence-electron chi connectivity index (χ2n) is 5.19. The van der Waals surface area contributed by atoms with Crippen LogP contribution >= 0.6 is 11.3 Å². The van der Waals surface area contributed by atoms with E-state index in [0.29, 0.717) is 12.5 Å². The summed E-state index contributed by atoms with van der Waals surface area (Å²) in [4.78, 5) is 6.00. The van der Waals surface area contributed by atoms with Crippen LogP contribution in [0.1, 0.15) is 23.7 Å². The molecule has 19 heavy (non-hydrogen) atoms. The molecule has 1 aliphatic heterocycles. The Balaban J connectivity index is 1.81. The lowest BCUT2D eigenvalue weighted by molar-refractivity contribution is 0.305. The van der Waals surface area contributed by atoms with Gasteiger partial charge in [0.15, 0.2) is 0 Å². The van der Waals surface area contributed by atoms with Gasteiger partial charge < -0.3 is 10.1 Å². The van der Waals surface area contributed by atoms with Crippen molar-refractivity contribution in [3.8, 4) is 17.0 Å². The van der Waals surface area contributed by atoms with Gasteiger partial charge in [0.1, 0.15) is 17.4 Å². The van der Waals surface area contributed by atoms with Crippen molar-refractivity contribution < 1.29 is 4.74 Å². The number of aromatic nitrogens is 1. The van der Waals surface area contributed by atoms with Crippen molar-refractivity contribution in [1.29, 1.82) is 0 Å². The number of nitrogens with one attached hydrogen (secondary N) is 1. The number of ether oxygens (including phenoxy) is 1. The molecular weight excluding hydrogens is 256 g/mol. The molecule has 0 amide bonds. The standard InChI is InChI=1S/C15H18N2OS/c1-10(2)7-16-8-14-17-15-11-5-3-4-6-12(11)18-9-13(15)19-14/h3-6,10,16H,7-9H2,1-2H3. The van der Waals surface area contributed by atoms with Gasteiger partial charge in [0.05, 0.1) is 10.6 Å². The molecule has 3 rings (SSSR count). The highest BCUT2D eigenvalue weighted by atomic mass is 32.1. The van der Waals surface area contributed by atoms with Crippen LogP contribution in [0.15, 0.2) is 24.3 Å². The molecule has 1 aromatic carbocycles. The zero-order chi connectivity index (χ0) is 13.2. The molecule has 4 heteroatoms. The Morgan fingerprint density at radius 2 is 2.21 bits per heavy atom. The summed E-state index contributed by atoms with van der Waals surface area (Å²) in [6.45, 7) is 6.94. The number of para-hydroxylation sites is 1. The summed E-state index contributed by atoms with van der Waals surface area (Å²) in [7, 11) is 0. The summed E-state index contributed by atoms with van der Waals surface area (Å²) < 4.78 is 5.76. The van der Waals surface area contributed by atoms with Gasteiger partial charge in [0, 0.05) is 12.1 Å². The third kappa shape index (κ3) is 2.65. The number of rotatable bonds is 4. The summed E-state index contributed by atoms with van der Waals surface area (Å²) in [5.74, 6) is 1.61. The monoisotopic (exact) mass is 274 g/mol. The van der Waals surface area contributed by atoms with Gasteiger partial charge in [-0.05, 0) is 24.6 Å². The van der Waals surface area contributed by atoms with E-state index in [1.54, 1.807) is 11.3 Å². The second kappa shape index (κ2) is 5.31. The summed E-state index contributed by atoms with van der Waals surface area (Å²) in [5.41, 5.74) is 2.23. The van der Waals surface area contributed by atoms with Gasteiger partial charge in [0.25, 0.3) is 0 Å². The van der Waals surface area contributed by atoms with Crippen molar-refractivity contribution in [1.82, 2.24) is 10.3 Å². The van der Waals surface area contributed by atoms with Crippen LogP contribution in [0.5, 0.6) is 5.75 Å². The highest BCUT2D eigenvalue weighted by Crippen LogP contribution is 2.39. The third-order valence-electron chi connectivity index (χ3n) is 3.07. The number of fused-ring (bicyclic) bond motifs is 3. The SMILES string of the molecule is CC(C)CNCc1nc2c(s1)COc1ccccc1-2. The lowest BCUT2D eigenvalue weighted by Gasteiger charge is -2.15. The molecule has 3 nitrogen and oxygen atoms in total. The predicted molar refractivity (Wildman–Crippen MR) is 78.4 cm³/mol. The number of hydrogen-bond acceptors (Lipinski definition) is 4. The molecule has 0 saturated carbocycles. The molecule has 0 atom stereocenters. The van der Waals surface area contributed by atoms with E-state index in [9.17, 15) is 0 Å². The fraction of sp³-hybridized carbons (Fsp3) is 0.400. The number of thiazole rings is 1. The van der Waals surface area contributed by atoms with E-state index in [4.69, 9.17) is 9.72 Å². The van der Waals surface area contributed by atoms with Crippen molar-refractivity contribution in [2.24, 2.45) is 5.92 Å². The summed E-state index contributed by atoms with van der Waals surface area (Å²) in [6, 6.07) is 8.13. The maximum absolute atomic E-state index is 5.76. The van der Waals surface area contributed by atoms with E-state index in [2.05, 4.69) is 25.2 Å². The molecule has 1 aromatic heterocycles. The van der Waals surface area contributed by atoms with Gasteiger partial charge in [-0.15, -0.1) is 11.3 Å². The van der Waals surface area contributed by atoms with Crippen molar-refractivity contribution in [2.75, 3.05) is 6.54 Å². The number of hydrogen-bond donors (Lipinski definition) is 1. The highest BCUT2D eigenvalue weighted by Gasteiger charge is 2.21. The van der Waals surface area contributed by atoms with Crippen LogP contribution in [0, 0.1) is 5.92 Å². The molecule has 0 radical (unpaired) electrons. The van der Waals surface area contributed by atoms with E-state index >= 15 is 0 Å². The Hall–Kier alpha value is -1.39. The molecule has 1 N–H and O–H groups in total. The lowest BCUT2D eigenvalue weighted by Crippen LogP contribution is -2.18. The molecule has 0 saturated heterocycles. The minimum Gasteiger partial charge on any atom is -0.487 e. The molecule has 0 unspecified atom stereocenters. The van der Waals surface area contributed by atoms with E-state index in [0.717, 1.165) is 35.1 Å².